The predicted octanol–water partition coefficient (Wildman–Crippen LogP) is 3.27. The molecule has 0 spiro atoms. The number of hydrogen-bond acceptors (Lipinski definition) is 6. The van der Waals surface area contributed by atoms with Crippen molar-refractivity contribution in [1.82, 2.24) is 15.3 Å². The number of ether oxygens (including phenoxy) is 1. The van der Waals surface area contributed by atoms with Gasteiger partial charge in [-0.25, -0.2) is 0 Å². The Morgan fingerprint density at radius 1 is 1.10 bits per heavy atom. The fraction of sp³-hybridized carbons (Fsp3) is 0.762. The quantitative estimate of drug-likeness (QED) is 0.515. The Kier molecular flexibility index (Phi) is 8.29. The smallest absolute Gasteiger partial charge is 0.232 e. The second-order valence-electron chi connectivity index (χ2n) is 8.53. The lowest BCUT2D eigenvalue weighted by molar-refractivity contribution is 0.196. The molecule has 1 aromatic rings. The van der Waals surface area contributed by atoms with E-state index in [2.05, 4.69) is 40.3 Å². The second-order valence-corrected chi connectivity index (χ2v) is 8.94. The second kappa shape index (κ2) is 10.9. The standard InChI is InChI=1S/C21H36N6OS/c1-16-12-17(2)15-27(14-16)19-13-18(26-9-5-4-6-10-26)23-20(24-19)25-21(29)22-8-7-11-28-3/h13,16-17H,4-12,14-15H2,1-3H3,(H2,22,23,24,25,29)/t16-,17-/m0/s1. The summed E-state index contributed by atoms with van der Waals surface area (Å²) in [5.41, 5.74) is 0. The Bertz CT molecular complexity index is 657. The van der Waals surface area contributed by atoms with E-state index >= 15 is 0 Å². The fourth-order valence-electron chi connectivity index (χ4n) is 4.34. The Morgan fingerprint density at radius 3 is 2.41 bits per heavy atom. The van der Waals surface area contributed by atoms with Crippen LogP contribution in [-0.2, 0) is 4.74 Å². The maximum atomic E-state index is 5.45. The number of thiocarbonyl (C=S) groups is 1. The molecular weight excluding hydrogens is 384 g/mol. The number of rotatable bonds is 7. The molecule has 8 heteroatoms. The number of methoxy groups -OCH3 is 1. The van der Waals surface area contributed by atoms with Gasteiger partial charge in [0, 0.05) is 52.5 Å². The summed E-state index contributed by atoms with van der Waals surface area (Å²) in [6.07, 6.45) is 5.93. The summed E-state index contributed by atoms with van der Waals surface area (Å²) < 4.78 is 5.09. The summed E-state index contributed by atoms with van der Waals surface area (Å²) in [5, 5.41) is 6.97. The van der Waals surface area contributed by atoms with E-state index in [1.807, 2.05) is 0 Å². The highest BCUT2D eigenvalue weighted by molar-refractivity contribution is 7.80. The molecule has 2 fully saturated rings. The van der Waals surface area contributed by atoms with E-state index in [0.717, 1.165) is 50.8 Å². The molecule has 3 rings (SSSR count). The van der Waals surface area contributed by atoms with E-state index < -0.39 is 0 Å². The first-order valence-corrected chi connectivity index (χ1v) is 11.4. The van der Waals surface area contributed by atoms with Gasteiger partial charge in [0.25, 0.3) is 0 Å². The van der Waals surface area contributed by atoms with Crippen molar-refractivity contribution in [3.63, 3.8) is 0 Å². The van der Waals surface area contributed by atoms with Crippen LogP contribution in [0, 0.1) is 11.8 Å². The normalized spacial score (nSPS) is 22.4. The fourth-order valence-corrected chi connectivity index (χ4v) is 4.53. The molecule has 0 radical (unpaired) electrons. The van der Waals surface area contributed by atoms with Crippen molar-refractivity contribution in [2.75, 3.05) is 61.6 Å². The van der Waals surface area contributed by atoms with Crippen LogP contribution in [0.3, 0.4) is 0 Å². The van der Waals surface area contributed by atoms with Crippen LogP contribution < -0.4 is 20.4 Å². The maximum absolute atomic E-state index is 5.45. The average Bonchev–Trinajstić information content (AvgIpc) is 2.71. The number of anilines is 3. The first kappa shape index (κ1) is 22.0. The van der Waals surface area contributed by atoms with E-state index in [0.29, 0.717) is 29.5 Å². The van der Waals surface area contributed by atoms with Crippen LogP contribution in [0.4, 0.5) is 17.6 Å². The van der Waals surface area contributed by atoms with Gasteiger partial charge < -0.3 is 25.2 Å². The molecule has 2 aliphatic rings. The van der Waals surface area contributed by atoms with Crippen LogP contribution in [-0.4, -0.2) is 61.5 Å². The summed E-state index contributed by atoms with van der Waals surface area (Å²) in [5.74, 6) is 3.94. The van der Waals surface area contributed by atoms with Crippen molar-refractivity contribution in [3.05, 3.63) is 6.07 Å². The molecule has 0 unspecified atom stereocenters. The summed E-state index contributed by atoms with van der Waals surface area (Å²) in [6.45, 7) is 10.3. The zero-order chi connectivity index (χ0) is 20.6. The monoisotopic (exact) mass is 420 g/mol. The highest BCUT2D eigenvalue weighted by Crippen LogP contribution is 2.29. The lowest BCUT2D eigenvalue weighted by atomic mass is 9.92. The lowest BCUT2D eigenvalue weighted by Gasteiger charge is -2.36. The van der Waals surface area contributed by atoms with E-state index in [4.69, 9.17) is 26.9 Å². The lowest BCUT2D eigenvalue weighted by Crippen LogP contribution is -2.40. The summed E-state index contributed by atoms with van der Waals surface area (Å²) >= 11 is 5.45. The molecule has 0 bridgehead atoms. The van der Waals surface area contributed by atoms with Crippen molar-refractivity contribution < 1.29 is 4.74 Å². The van der Waals surface area contributed by atoms with Gasteiger partial charge in [0.15, 0.2) is 5.11 Å². The largest absolute Gasteiger partial charge is 0.385 e. The molecule has 0 saturated carbocycles. The number of aromatic nitrogens is 2. The van der Waals surface area contributed by atoms with Crippen LogP contribution in [0.2, 0.25) is 0 Å². The molecular formula is C21H36N6OS. The van der Waals surface area contributed by atoms with E-state index in [9.17, 15) is 0 Å². The minimum absolute atomic E-state index is 0.559. The topological polar surface area (TPSA) is 65.6 Å². The van der Waals surface area contributed by atoms with Crippen molar-refractivity contribution in [3.8, 4) is 0 Å². The Balaban J connectivity index is 1.76. The third-order valence-electron chi connectivity index (χ3n) is 5.61. The van der Waals surface area contributed by atoms with Crippen LogP contribution >= 0.6 is 12.2 Å². The summed E-state index contributed by atoms with van der Waals surface area (Å²) in [4.78, 5) is 14.4. The van der Waals surface area contributed by atoms with Gasteiger partial charge in [-0.2, -0.15) is 9.97 Å². The molecule has 2 N–H and O–H groups in total. The van der Waals surface area contributed by atoms with Crippen LogP contribution in [0.5, 0.6) is 0 Å². The number of piperidine rings is 2. The summed E-state index contributed by atoms with van der Waals surface area (Å²) in [7, 11) is 1.71. The average molecular weight is 421 g/mol. The molecule has 2 atom stereocenters. The predicted molar refractivity (Wildman–Crippen MR) is 124 cm³/mol. The third-order valence-corrected chi connectivity index (χ3v) is 5.85. The SMILES string of the molecule is COCCCNC(=S)Nc1nc(N2CCCCC2)cc(N2C[C@@H](C)C[C@H](C)C2)n1. The molecule has 162 valence electrons. The number of nitrogens with zero attached hydrogens (tertiary/aromatic N) is 4. The van der Waals surface area contributed by atoms with E-state index in [1.54, 1.807) is 7.11 Å². The molecule has 3 heterocycles. The van der Waals surface area contributed by atoms with E-state index in [1.165, 1.54) is 25.7 Å². The Hall–Kier alpha value is -1.67. The zero-order valence-corrected chi connectivity index (χ0v) is 18.9. The van der Waals surface area contributed by atoms with Gasteiger partial charge >= 0.3 is 0 Å². The van der Waals surface area contributed by atoms with Crippen molar-refractivity contribution in [2.45, 2.75) is 46.0 Å². The molecule has 0 aromatic carbocycles. The van der Waals surface area contributed by atoms with Gasteiger partial charge in [0.2, 0.25) is 5.95 Å². The highest BCUT2D eigenvalue weighted by Gasteiger charge is 2.24. The van der Waals surface area contributed by atoms with Crippen molar-refractivity contribution in [2.24, 2.45) is 11.8 Å². The van der Waals surface area contributed by atoms with Crippen molar-refractivity contribution >= 4 is 34.9 Å². The van der Waals surface area contributed by atoms with Gasteiger partial charge in [-0.1, -0.05) is 13.8 Å². The molecule has 0 aliphatic carbocycles. The number of nitrogens with one attached hydrogen (secondary N) is 2. The molecule has 1 aromatic heterocycles. The molecule has 0 amide bonds. The number of hydrogen-bond donors (Lipinski definition) is 2. The van der Waals surface area contributed by atoms with Gasteiger partial charge in [-0.15, -0.1) is 0 Å². The van der Waals surface area contributed by atoms with Gasteiger partial charge in [0.1, 0.15) is 11.6 Å². The summed E-state index contributed by atoms with van der Waals surface area (Å²) in [6, 6.07) is 2.16. The molecule has 7 nitrogen and oxygen atoms in total. The minimum atomic E-state index is 0.559. The maximum Gasteiger partial charge on any atom is 0.232 e. The molecule has 2 aliphatic heterocycles. The minimum Gasteiger partial charge on any atom is -0.385 e. The highest BCUT2D eigenvalue weighted by atomic mass is 32.1. The van der Waals surface area contributed by atoms with E-state index in [-0.39, 0.29) is 0 Å². The van der Waals surface area contributed by atoms with Gasteiger partial charge in [-0.3, -0.25) is 0 Å². The zero-order valence-electron chi connectivity index (χ0n) is 18.1. The Morgan fingerprint density at radius 2 is 1.76 bits per heavy atom. The van der Waals surface area contributed by atoms with Crippen molar-refractivity contribution in [1.29, 1.82) is 0 Å². The first-order valence-electron chi connectivity index (χ1n) is 11.0. The molecule has 2 saturated heterocycles. The van der Waals surface area contributed by atoms with Gasteiger partial charge in [0.05, 0.1) is 0 Å². The Labute approximate surface area is 180 Å². The van der Waals surface area contributed by atoms with Crippen LogP contribution in [0.25, 0.3) is 0 Å². The van der Waals surface area contributed by atoms with Crippen LogP contribution in [0.1, 0.15) is 46.0 Å². The molecule has 29 heavy (non-hydrogen) atoms. The first-order chi connectivity index (χ1) is 14.0. The van der Waals surface area contributed by atoms with Crippen LogP contribution in [0.15, 0.2) is 6.07 Å². The van der Waals surface area contributed by atoms with Gasteiger partial charge in [-0.05, 0) is 56.2 Å². The third kappa shape index (κ3) is 6.67.